The summed E-state index contributed by atoms with van der Waals surface area (Å²) in [6.45, 7) is 2.38. The van der Waals surface area contributed by atoms with Gasteiger partial charge in [0.25, 0.3) is 0 Å². The third-order valence-corrected chi connectivity index (χ3v) is 6.11. The minimum absolute atomic E-state index is 0.199. The summed E-state index contributed by atoms with van der Waals surface area (Å²) in [4.78, 5) is 6.97. The van der Waals surface area contributed by atoms with Gasteiger partial charge in [-0.15, -0.1) is 0 Å². The number of benzene rings is 2. The average Bonchev–Trinajstić information content (AvgIpc) is 3.06. The van der Waals surface area contributed by atoms with E-state index in [0.29, 0.717) is 5.25 Å². The van der Waals surface area contributed by atoms with E-state index in [1.54, 1.807) is 0 Å². The van der Waals surface area contributed by atoms with Crippen LogP contribution in [0.5, 0.6) is 0 Å². The van der Waals surface area contributed by atoms with E-state index < -0.39 is 0 Å². The minimum Gasteiger partial charge on any atom is -0.343 e. The standard InChI is InChI=1S/C18H18BrFN2S/c19-10-17-11-21-18(23-17)22(12-14-4-2-1-3-5-14)13-15-6-8-16(20)9-7-15/h1-9,17H,10-13H2. The van der Waals surface area contributed by atoms with E-state index in [4.69, 9.17) is 4.99 Å². The lowest BCUT2D eigenvalue weighted by molar-refractivity contribution is 0.414. The smallest absolute Gasteiger partial charge is 0.160 e. The van der Waals surface area contributed by atoms with Crippen molar-refractivity contribution in [1.29, 1.82) is 0 Å². The van der Waals surface area contributed by atoms with Crippen LogP contribution < -0.4 is 0 Å². The lowest BCUT2D eigenvalue weighted by atomic mass is 10.2. The van der Waals surface area contributed by atoms with Crippen molar-refractivity contribution >= 4 is 32.9 Å². The third kappa shape index (κ3) is 4.58. The van der Waals surface area contributed by atoms with Crippen molar-refractivity contribution in [3.05, 3.63) is 71.5 Å². The molecule has 0 bridgehead atoms. The molecule has 1 unspecified atom stereocenters. The van der Waals surface area contributed by atoms with Crippen LogP contribution in [0.3, 0.4) is 0 Å². The summed E-state index contributed by atoms with van der Waals surface area (Å²) in [5.74, 6) is -0.199. The van der Waals surface area contributed by atoms with E-state index in [-0.39, 0.29) is 5.82 Å². The van der Waals surface area contributed by atoms with Gasteiger partial charge in [-0.3, -0.25) is 4.99 Å². The number of amidine groups is 1. The zero-order valence-corrected chi connectivity index (χ0v) is 15.1. The fourth-order valence-electron chi connectivity index (χ4n) is 2.46. The van der Waals surface area contributed by atoms with E-state index in [0.717, 1.165) is 35.7 Å². The van der Waals surface area contributed by atoms with Crippen LogP contribution in [-0.4, -0.2) is 27.2 Å². The first-order chi connectivity index (χ1) is 11.2. The number of hydrogen-bond acceptors (Lipinski definition) is 3. The topological polar surface area (TPSA) is 15.6 Å². The van der Waals surface area contributed by atoms with E-state index >= 15 is 0 Å². The number of rotatable bonds is 5. The molecular formula is C18H18BrFN2S. The van der Waals surface area contributed by atoms with Crippen molar-refractivity contribution < 1.29 is 4.39 Å². The van der Waals surface area contributed by atoms with Crippen LogP contribution in [0.4, 0.5) is 4.39 Å². The van der Waals surface area contributed by atoms with Crippen LogP contribution in [0, 0.1) is 5.82 Å². The minimum atomic E-state index is -0.199. The van der Waals surface area contributed by atoms with Gasteiger partial charge in [-0.2, -0.15) is 0 Å². The Bertz CT molecular complexity index is 660. The first-order valence-electron chi connectivity index (χ1n) is 7.55. The molecule has 2 aromatic carbocycles. The predicted octanol–water partition coefficient (Wildman–Crippen LogP) is 4.69. The second-order valence-corrected chi connectivity index (χ2v) is 7.40. The van der Waals surface area contributed by atoms with Crippen molar-refractivity contribution in [3.8, 4) is 0 Å². The van der Waals surface area contributed by atoms with Crippen molar-refractivity contribution in [2.75, 3.05) is 11.9 Å². The number of nitrogens with zero attached hydrogens (tertiary/aromatic N) is 2. The summed E-state index contributed by atoms with van der Waals surface area (Å²) in [5.41, 5.74) is 2.34. The van der Waals surface area contributed by atoms with Gasteiger partial charge in [0.05, 0.1) is 6.54 Å². The van der Waals surface area contributed by atoms with Gasteiger partial charge in [-0.05, 0) is 23.3 Å². The lowest BCUT2D eigenvalue weighted by Gasteiger charge is -2.24. The van der Waals surface area contributed by atoms with Gasteiger partial charge in [0, 0.05) is 23.7 Å². The molecule has 0 N–H and O–H groups in total. The summed E-state index contributed by atoms with van der Waals surface area (Å²) in [6.07, 6.45) is 0. The maximum Gasteiger partial charge on any atom is 0.160 e. The molecule has 1 atom stereocenters. The predicted molar refractivity (Wildman–Crippen MR) is 99.6 cm³/mol. The molecule has 0 amide bonds. The number of halogens is 2. The van der Waals surface area contributed by atoms with E-state index in [2.05, 4.69) is 45.1 Å². The van der Waals surface area contributed by atoms with Gasteiger partial charge in [0.2, 0.25) is 0 Å². The quantitative estimate of drug-likeness (QED) is 0.685. The molecule has 5 heteroatoms. The first kappa shape index (κ1) is 16.5. The van der Waals surface area contributed by atoms with Crippen LogP contribution in [0.15, 0.2) is 59.6 Å². The van der Waals surface area contributed by atoms with Gasteiger partial charge < -0.3 is 4.90 Å². The van der Waals surface area contributed by atoms with Gasteiger partial charge in [-0.1, -0.05) is 70.2 Å². The Hall–Kier alpha value is -1.33. The summed E-state index contributed by atoms with van der Waals surface area (Å²) >= 11 is 5.36. The first-order valence-corrected chi connectivity index (χ1v) is 9.55. The Morgan fingerprint density at radius 1 is 1.04 bits per heavy atom. The summed E-state index contributed by atoms with van der Waals surface area (Å²) < 4.78 is 13.1. The Morgan fingerprint density at radius 2 is 1.70 bits per heavy atom. The highest BCUT2D eigenvalue weighted by molar-refractivity contribution is 9.09. The molecule has 2 nitrogen and oxygen atoms in total. The highest BCUT2D eigenvalue weighted by Crippen LogP contribution is 2.27. The largest absolute Gasteiger partial charge is 0.343 e. The summed E-state index contributed by atoms with van der Waals surface area (Å²) in [5, 5.41) is 2.51. The van der Waals surface area contributed by atoms with Gasteiger partial charge >= 0.3 is 0 Å². The zero-order valence-electron chi connectivity index (χ0n) is 12.7. The number of hydrogen-bond donors (Lipinski definition) is 0. The number of aliphatic imine (C=N–C) groups is 1. The molecule has 0 radical (unpaired) electrons. The molecule has 1 aliphatic rings. The second kappa shape index (κ2) is 7.97. The zero-order chi connectivity index (χ0) is 16.1. The SMILES string of the molecule is Fc1ccc(CN(Cc2ccccc2)C2=NCC(CBr)S2)cc1. The molecule has 0 aromatic heterocycles. The Labute approximate surface area is 148 Å². The highest BCUT2D eigenvalue weighted by Gasteiger charge is 2.23. The highest BCUT2D eigenvalue weighted by atomic mass is 79.9. The fraction of sp³-hybridized carbons (Fsp3) is 0.278. The Kier molecular flexibility index (Phi) is 5.73. The van der Waals surface area contributed by atoms with Crippen LogP contribution in [0.25, 0.3) is 0 Å². The van der Waals surface area contributed by atoms with E-state index in [1.807, 2.05) is 30.0 Å². The number of alkyl halides is 1. The van der Waals surface area contributed by atoms with Crippen molar-refractivity contribution in [2.45, 2.75) is 18.3 Å². The van der Waals surface area contributed by atoms with Crippen molar-refractivity contribution in [3.63, 3.8) is 0 Å². The third-order valence-electron chi connectivity index (χ3n) is 3.65. The molecular weight excluding hydrogens is 375 g/mol. The van der Waals surface area contributed by atoms with E-state index in [1.165, 1.54) is 17.7 Å². The monoisotopic (exact) mass is 392 g/mol. The molecule has 2 aromatic rings. The molecule has 1 aliphatic heterocycles. The summed E-state index contributed by atoms with van der Waals surface area (Å²) in [6, 6.07) is 17.1. The molecule has 3 rings (SSSR count). The van der Waals surface area contributed by atoms with E-state index in [9.17, 15) is 4.39 Å². The van der Waals surface area contributed by atoms with Gasteiger partial charge in [-0.25, -0.2) is 4.39 Å². The maximum atomic E-state index is 13.1. The van der Waals surface area contributed by atoms with Gasteiger partial charge in [0.1, 0.15) is 5.82 Å². The molecule has 1 heterocycles. The lowest BCUT2D eigenvalue weighted by Crippen LogP contribution is -2.27. The average molecular weight is 393 g/mol. The van der Waals surface area contributed by atoms with Crippen LogP contribution >= 0.6 is 27.7 Å². The Morgan fingerprint density at radius 3 is 2.30 bits per heavy atom. The molecule has 0 saturated heterocycles. The normalized spacial score (nSPS) is 17.1. The number of thioether (sulfide) groups is 1. The molecule has 23 heavy (non-hydrogen) atoms. The molecule has 0 aliphatic carbocycles. The summed E-state index contributed by atoms with van der Waals surface area (Å²) in [7, 11) is 0. The Balaban J connectivity index is 1.77. The van der Waals surface area contributed by atoms with Crippen LogP contribution in [0.2, 0.25) is 0 Å². The second-order valence-electron chi connectivity index (χ2n) is 5.49. The molecule has 120 valence electrons. The maximum absolute atomic E-state index is 13.1. The van der Waals surface area contributed by atoms with Crippen LogP contribution in [-0.2, 0) is 13.1 Å². The van der Waals surface area contributed by atoms with Crippen LogP contribution in [0.1, 0.15) is 11.1 Å². The van der Waals surface area contributed by atoms with Gasteiger partial charge in [0.15, 0.2) is 5.17 Å². The molecule has 0 spiro atoms. The molecule has 0 fully saturated rings. The van der Waals surface area contributed by atoms with Crippen molar-refractivity contribution in [2.24, 2.45) is 4.99 Å². The fourth-order valence-corrected chi connectivity index (χ4v) is 4.00. The molecule has 0 saturated carbocycles. The van der Waals surface area contributed by atoms with Crippen molar-refractivity contribution in [1.82, 2.24) is 4.90 Å².